The third kappa shape index (κ3) is 3.77. The number of hydrogen-bond acceptors (Lipinski definition) is 4. The lowest BCUT2D eigenvalue weighted by atomic mass is 10.2. The van der Waals surface area contributed by atoms with E-state index < -0.39 is 0 Å². The van der Waals surface area contributed by atoms with Crippen LogP contribution in [0, 0.1) is 0 Å². The Morgan fingerprint density at radius 1 is 1.12 bits per heavy atom. The quantitative estimate of drug-likeness (QED) is 0.820. The highest BCUT2D eigenvalue weighted by Crippen LogP contribution is 2.35. The highest BCUT2D eigenvalue weighted by atomic mass is 32.2. The zero-order chi connectivity index (χ0) is 17.8. The molecular formula is C20H20N2O2S. The molecule has 0 aliphatic carbocycles. The fourth-order valence-electron chi connectivity index (χ4n) is 2.54. The first kappa shape index (κ1) is 17.3. The van der Waals surface area contributed by atoms with Gasteiger partial charge in [-0.05, 0) is 54.9 Å². The first-order valence-electron chi connectivity index (χ1n) is 8.29. The minimum absolute atomic E-state index is 0.0836. The van der Waals surface area contributed by atoms with Crippen LogP contribution in [0.3, 0.4) is 0 Å². The molecule has 1 N–H and O–H groups in total. The molecule has 128 valence electrons. The zero-order valence-corrected chi connectivity index (χ0v) is 15.1. The van der Waals surface area contributed by atoms with Gasteiger partial charge in [-0.2, -0.15) is 0 Å². The maximum absolute atomic E-state index is 12.6. The third-order valence-corrected chi connectivity index (χ3v) is 5.00. The largest absolute Gasteiger partial charge is 0.507 e. The van der Waals surface area contributed by atoms with Crippen molar-refractivity contribution < 1.29 is 9.90 Å². The summed E-state index contributed by atoms with van der Waals surface area (Å²) in [6.07, 6.45) is 2.70. The molecule has 0 saturated carbocycles. The monoisotopic (exact) mass is 352 g/mol. The van der Waals surface area contributed by atoms with E-state index in [9.17, 15) is 9.90 Å². The van der Waals surface area contributed by atoms with Crippen molar-refractivity contribution in [3.63, 3.8) is 0 Å². The van der Waals surface area contributed by atoms with Gasteiger partial charge in [-0.3, -0.25) is 9.69 Å². The Balaban J connectivity index is 1.92. The lowest BCUT2D eigenvalue weighted by Crippen LogP contribution is -2.28. The fraction of sp³-hybridized carbons (Fsp3) is 0.200. The second-order valence-electron chi connectivity index (χ2n) is 5.63. The van der Waals surface area contributed by atoms with Gasteiger partial charge in [0, 0.05) is 12.1 Å². The molecule has 0 radical (unpaired) electrons. The highest BCUT2D eigenvalue weighted by Gasteiger charge is 2.32. The van der Waals surface area contributed by atoms with E-state index in [-0.39, 0.29) is 11.7 Å². The summed E-state index contributed by atoms with van der Waals surface area (Å²) in [5, 5.41) is 10.6. The van der Waals surface area contributed by atoms with Crippen LogP contribution in [0.4, 0.5) is 5.69 Å². The number of amides is 1. The molecule has 1 amide bonds. The number of para-hydroxylation sites is 1. The van der Waals surface area contributed by atoms with Crippen molar-refractivity contribution in [2.45, 2.75) is 20.3 Å². The van der Waals surface area contributed by atoms with Crippen LogP contribution in [0.15, 0.2) is 58.4 Å². The fourth-order valence-corrected chi connectivity index (χ4v) is 3.59. The molecule has 4 nitrogen and oxygen atoms in total. The lowest BCUT2D eigenvalue weighted by Gasteiger charge is -2.12. The number of nitrogens with zero attached hydrogens (tertiary/aromatic N) is 2. The van der Waals surface area contributed by atoms with Crippen molar-refractivity contribution >= 4 is 34.6 Å². The number of phenols is 1. The first-order valence-corrected chi connectivity index (χ1v) is 9.11. The second kappa shape index (κ2) is 7.57. The Labute approximate surface area is 151 Å². The molecule has 1 aliphatic rings. The lowest BCUT2D eigenvalue weighted by molar-refractivity contribution is -0.122. The maximum Gasteiger partial charge on any atom is 0.266 e. The number of rotatable bonds is 4. The van der Waals surface area contributed by atoms with Gasteiger partial charge in [0.2, 0.25) is 0 Å². The summed E-state index contributed by atoms with van der Waals surface area (Å²) in [6.45, 7) is 4.59. The Kier molecular flexibility index (Phi) is 5.24. The molecule has 1 fully saturated rings. The number of aromatic hydroxyl groups is 1. The molecule has 1 saturated heterocycles. The SMILES string of the molecule is CCc1ccc(N=C2S/C(=C/c3ccccc3O)C(=O)N2CC)cc1. The number of hydrogen-bond donors (Lipinski definition) is 1. The molecule has 2 aromatic rings. The van der Waals surface area contributed by atoms with Gasteiger partial charge < -0.3 is 5.11 Å². The summed E-state index contributed by atoms with van der Waals surface area (Å²) in [5.41, 5.74) is 2.71. The van der Waals surface area contributed by atoms with E-state index in [1.54, 1.807) is 29.2 Å². The van der Waals surface area contributed by atoms with Crippen molar-refractivity contribution in [2.75, 3.05) is 6.54 Å². The number of carbonyl (C=O) groups is 1. The van der Waals surface area contributed by atoms with Gasteiger partial charge in [-0.25, -0.2) is 4.99 Å². The van der Waals surface area contributed by atoms with Crippen LogP contribution >= 0.6 is 11.8 Å². The number of likely N-dealkylation sites (N-methyl/N-ethyl adjacent to an activating group) is 1. The second-order valence-corrected chi connectivity index (χ2v) is 6.64. The van der Waals surface area contributed by atoms with Crippen molar-refractivity contribution in [1.29, 1.82) is 0 Å². The topological polar surface area (TPSA) is 52.9 Å². The molecule has 0 spiro atoms. The number of aryl methyl sites for hydroxylation is 1. The van der Waals surface area contributed by atoms with Gasteiger partial charge in [0.15, 0.2) is 5.17 Å². The van der Waals surface area contributed by atoms with Gasteiger partial charge >= 0.3 is 0 Å². The van der Waals surface area contributed by atoms with Gasteiger partial charge in [0.05, 0.1) is 10.6 Å². The summed E-state index contributed by atoms with van der Waals surface area (Å²) in [4.78, 5) is 19.5. The number of carbonyl (C=O) groups excluding carboxylic acids is 1. The summed E-state index contributed by atoms with van der Waals surface area (Å²) in [6, 6.07) is 15.0. The molecule has 0 atom stereocenters. The van der Waals surface area contributed by atoms with E-state index in [4.69, 9.17) is 0 Å². The molecule has 5 heteroatoms. The maximum atomic E-state index is 12.6. The summed E-state index contributed by atoms with van der Waals surface area (Å²) in [7, 11) is 0. The molecule has 0 aromatic heterocycles. The summed E-state index contributed by atoms with van der Waals surface area (Å²) >= 11 is 1.34. The van der Waals surface area contributed by atoms with Crippen LogP contribution in [0.2, 0.25) is 0 Å². The number of amidine groups is 1. The number of aliphatic imine (C=N–C) groups is 1. The van der Waals surface area contributed by atoms with Crippen molar-refractivity contribution in [2.24, 2.45) is 4.99 Å². The molecule has 3 rings (SSSR count). The van der Waals surface area contributed by atoms with Crippen LogP contribution in [0.5, 0.6) is 5.75 Å². The number of phenolic OH excluding ortho intramolecular Hbond substituents is 1. The average molecular weight is 352 g/mol. The minimum atomic E-state index is -0.0836. The van der Waals surface area contributed by atoms with Crippen molar-refractivity contribution in [3.8, 4) is 5.75 Å². The van der Waals surface area contributed by atoms with Crippen molar-refractivity contribution in [3.05, 3.63) is 64.6 Å². The van der Waals surface area contributed by atoms with Gasteiger partial charge in [-0.15, -0.1) is 0 Å². The van der Waals surface area contributed by atoms with Crippen LogP contribution in [0.1, 0.15) is 25.0 Å². The minimum Gasteiger partial charge on any atom is -0.507 e. The smallest absolute Gasteiger partial charge is 0.266 e. The molecular weight excluding hydrogens is 332 g/mol. The first-order chi connectivity index (χ1) is 12.1. The standard InChI is InChI=1S/C20H20N2O2S/c1-3-14-9-11-16(12-10-14)21-20-22(4-2)19(24)18(25-20)13-15-7-5-6-8-17(15)23/h5-13,23H,3-4H2,1-2H3/b18-13+,21-20?. The molecule has 2 aromatic carbocycles. The number of benzene rings is 2. The third-order valence-electron chi connectivity index (χ3n) is 4.00. The average Bonchev–Trinajstić information content (AvgIpc) is 2.92. The van der Waals surface area contributed by atoms with E-state index in [1.165, 1.54) is 17.3 Å². The van der Waals surface area contributed by atoms with E-state index in [2.05, 4.69) is 24.0 Å². The Bertz CT molecular complexity index is 841. The summed E-state index contributed by atoms with van der Waals surface area (Å²) < 4.78 is 0. The predicted octanol–water partition coefficient (Wildman–Crippen LogP) is 4.58. The zero-order valence-electron chi connectivity index (χ0n) is 14.3. The van der Waals surface area contributed by atoms with Crippen LogP contribution < -0.4 is 0 Å². The molecule has 0 unspecified atom stereocenters. The predicted molar refractivity (Wildman–Crippen MR) is 104 cm³/mol. The van der Waals surface area contributed by atoms with E-state index in [1.807, 2.05) is 25.1 Å². The van der Waals surface area contributed by atoms with Crippen molar-refractivity contribution in [1.82, 2.24) is 4.90 Å². The Morgan fingerprint density at radius 3 is 2.48 bits per heavy atom. The van der Waals surface area contributed by atoms with Crippen LogP contribution in [-0.4, -0.2) is 27.6 Å². The number of thioether (sulfide) groups is 1. The summed E-state index contributed by atoms with van der Waals surface area (Å²) in [5.74, 6) is 0.0756. The van der Waals surface area contributed by atoms with E-state index in [0.29, 0.717) is 22.2 Å². The van der Waals surface area contributed by atoms with Crippen LogP contribution in [-0.2, 0) is 11.2 Å². The van der Waals surface area contributed by atoms with E-state index >= 15 is 0 Å². The molecule has 0 bridgehead atoms. The molecule has 1 heterocycles. The van der Waals surface area contributed by atoms with E-state index in [0.717, 1.165) is 12.1 Å². The van der Waals surface area contributed by atoms with Gasteiger partial charge in [0.1, 0.15) is 5.75 Å². The molecule has 1 aliphatic heterocycles. The Morgan fingerprint density at radius 2 is 1.84 bits per heavy atom. The highest BCUT2D eigenvalue weighted by molar-refractivity contribution is 8.18. The van der Waals surface area contributed by atoms with Gasteiger partial charge in [0.25, 0.3) is 5.91 Å². The van der Waals surface area contributed by atoms with Gasteiger partial charge in [-0.1, -0.05) is 37.3 Å². The van der Waals surface area contributed by atoms with Crippen LogP contribution in [0.25, 0.3) is 6.08 Å². The Hall–Kier alpha value is -2.53. The normalized spacial score (nSPS) is 17.7. The molecule has 25 heavy (non-hydrogen) atoms.